The predicted molar refractivity (Wildman–Crippen MR) is 70.2 cm³/mol. The van der Waals surface area contributed by atoms with E-state index in [0.29, 0.717) is 6.04 Å². The van der Waals surface area contributed by atoms with Crippen LogP contribution in [0.15, 0.2) is 18.2 Å². The van der Waals surface area contributed by atoms with Gasteiger partial charge in [-0.2, -0.15) is 0 Å². The van der Waals surface area contributed by atoms with Gasteiger partial charge in [0.15, 0.2) is 5.13 Å². The Balaban J connectivity index is 1.94. The van der Waals surface area contributed by atoms with E-state index < -0.39 is 0 Å². The summed E-state index contributed by atoms with van der Waals surface area (Å²) >= 11 is 1.58. The Morgan fingerprint density at radius 2 is 2.12 bits per heavy atom. The minimum Gasteiger partial charge on any atom is -0.348 e. The first-order chi connectivity index (χ1) is 8.24. The Bertz CT molecular complexity index is 531. The van der Waals surface area contributed by atoms with Crippen LogP contribution in [0.4, 0.5) is 9.52 Å². The van der Waals surface area contributed by atoms with Gasteiger partial charge < -0.3 is 4.90 Å². The summed E-state index contributed by atoms with van der Waals surface area (Å²) < 4.78 is 14.0. The summed E-state index contributed by atoms with van der Waals surface area (Å²) in [6, 6.07) is 5.41. The van der Waals surface area contributed by atoms with Gasteiger partial charge in [-0.3, -0.25) is 0 Å². The summed E-state index contributed by atoms with van der Waals surface area (Å²) in [5, 5.41) is 1.01. The molecule has 1 aliphatic carbocycles. The minimum atomic E-state index is -0.184. The van der Waals surface area contributed by atoms with Crippen LogP contribution in [0.3, 0.4) is 0 Å². The van der Waals surface area contributed by atoms with Gasteiger partial charge in [-0.1, -0.05) is 24.2 Å². The Labute approximate surface area is 104 Å². The Hall–Kier alpha value is -1.16. The van der Waals surface area contributed by atoms with Crippen LogP contribution >= 0.6 is 11.3 Å². The lowest BCUT2D eigenvalue weighted by Crippen LogP contribution is -2.28. The highest BCUT2D eigenvalue weighted by Gasteiger charge is 2.21. The number of hydrogen-bond acceptors (Lipinski definition) is 3. The van der Waals surface area contributed by atoms with Crippen molar-refractivity contribution in [3.05, 3.63) is 24.0 Å². The number of nitrogens with zero attached hydrogens (tertiary/aromatic N) is 2. The van der Waals surface area contributed by atoms with Gasteiger partial charge in [0, 0.05) is 13.1 Å². The van der Waals surface area contributed by atoms with Crippen molar-refractivity contribution >= 4 is 26.7 Å². The van der Waals surface area contributed by atoms with Crippen molar-refractivity contribution in [2.24, 2.45) is 0 Å². The summed E-state index contributed by atoms with van der Waals surface area (Å²) in [6.45, 7) is 0. The van der Waals surface area contributed by atoms with Gasteiger partial charge in [-0.05, 0) is 31.0 Å². The van der Waals surface area contributed by atoms with Crippen LogP contribution in [0.2, 0.25) is 0 Å². The zero-order valence-corrected chi connectivity index (χ0v) is 10.6. The number of aromatic nitrogens is 1. The molecule has 1 aliphatic rings. The van der Waals surface area contributed by atoms with Crippen molar-refractivity contribution in [1.82, 2.24) is 4.98 Å². The second-order valence-electron chi connectivity index (χ2n) is 4.66. The summed E-state index contributed by atoms with van der Waals surface area (Å²) in [7, 11) is 2.10. The molecule has 2 nitrogen and oxygen atoms in total. The molecule has 90 valence electrons. The second-order valence-corrected chi connectivity index (χ2v) is 5.67. The molecule has 0 aliphatic heterocycles. The second kappa shape index (κ2) is 4.26. The maximum atomic E-state index is 13.1. The third kappa shape index (κ3) is 2.02. The number of anilines is 1. The smallest absolute Gasteiger partial charge is 0.186 e. The molecule has 0 bridgehead atoms. The average molecular weight is 250 g/mol. The van der Waals surface area contributed by atoms with Crippen LogP contribution in [0.5, 0.6) is 0 Å². The summed E-state index contributed by atoms with van der Waals surface area (Å²) in [4.78, 5) is 6.84. The normalized spacial score (nSPS) is 16.8. The molecule has 3 rings (SSSR count). The van der Waals surface area contributed by atoms with Gasteiger partial charge >= 0.3 is 0 Å². The fourth-order valence-electron chi connectivity index (χ4n) is 2.48. The summed E-state index contributed by atoms with van der Waals surface area (Å²) in [5.41, 5.74) is 0.899. The monoisotopic (exact) mass is 250 g/mol. The van der Waals surface area contributed by atoms with E-state index in [0.717, 1.165) is 15.3 Å². The van der Waals surface area contributed by atoms with Crippen molar-refractivity contribution in [2.75, 3.05) is 11.9 Å². The molecule has 1 saturated carbocycles. The van der Waals surface area contributed by atoms with Gasteiger partial charge in [0.2, 0.25) is 0 Å². The molecule has 0 saturated heterocycles. The molecular formula is C13H15FN2S. The topological polar surface area (TPSA) is 16.1 Å². The largest absolute Gasteiger partial charge is 0.348 e. The maximum Gasteiger partial charge on any atom is 0.186 e. The molecule has 0 amide bonds. The van der Waals surface area contributed by atoms with Crippen LogP contribution in [0.1, 0.15) is 25.7 Å². The first-order valence-corrected chi connectivity index (χ1v) is 6.84. The lowest BCUT2D eigenvalue weighted by Gasteiger charge is -2.23. The van der Waals surface area contributed by atoms with E-state index in [9.17, 15) is 4.39 Å². The molecule has 1 aromatic carbocycles. The molecule has 1 heterocycles. The minimum absolute atomic E-state index is 0.184. The van der Waals surface area contributed by atoms with E-state index in [1.807, 2.05) is 0 Å². The van der Waals surface area contributed by atoms with Crippen molar-refractivity contribution in [2.45, 2.75) is 31.7 Å². The number of rotatable bonds is 2. The van der Waals surface area contributed by atoms with E-state index in [-0.39, 0.29) is 5.82 Å². The van der Waals surface area contributed by atoms with Crippen LogP contribution in [-0.4, -0.2) is 18.1 Å². The quantitative estimate of drug-likeness (QED) is 0.805. The number of benzene rings is 1. The Morgan fingerprint density at radius 1 is 1.35 bits per heavy atom. The zero-order chi connectivity index (χ0) is 11.8. The van der Waals surface area contributed by atoms with E-state index in [4.69, 9.17) is 0 Å². The van der Waals surface area contributed by atoms with Gasteiger partial charge in [-0.25, -0.2) is 9.37 Å². The molecule has 2 aromatic rings. The molecule has 4 heteroatoms. The molecule has 0 radical (unpaired) electrons. The van der Waals surface area contributed by atoms with Gasteiger partial charge in [0.05, 0.1) is 10.2 Å². The molecule has 0 atom stereocenters. The highest BCUT2D eigenvalue weighted by atomic mass is 32.1. The molecule has 17 heavy (non-hydrogen) atoms. The molecule has 0 spiro atoms. The molecule has 1 fully saturated rings. The van der Waals surface area contributed by atoms with Gasteiger partial charge in [0.25, 0.3) is 0 Å². The van der Waals surface area contributed by atoms with Crippen LogP contribution in [-0.2, 0) is 0 Å². The maximum absolute atomic E-state index is 13.1. The van der Waals surface area contributed by atoms with E-state index in [2.05, 4.69) is 16.9 Å². The number of halogens is 1. The Morgan fingerprint density at radius 3 is 2.88 bits per heavy atom. The average Bonchev–Trinajstić information content (AvgIpc) is 2.96. The molecule has 1 aromatic heterocycles. The van der Waals surface area contributed by atoms with Crippen molar-refractivity contribution in [1.29, 1.82) is 0 Å². The van der Waals surface area contributed by atoms with Crippen molar-refractivity contribution in [3.63, 3.8) is 0 Å². The lowest BCUT2D eigenvalue weighted by molar-refractivity contribution is 0.630. The summed E-state index contributed by atoms with van der Waals surface area (Å²) in [6.07, 6.45) is 5.13. The van der Waals surface area contributed by atoms with Crippen molar-refractivity contribution < 1.29 is 4.39 Å². The number of hydrogen-bond donors (Lipinski definition) is 0. The molecular weight excluding hydrogens is 235 g/mol. The van der Waals surface area contributed by atoms with Gasteiger partial charge in [0.1, 0.15) is 5.82 Å². The third-order valence-electron chi connectivity index (χ3n) is 3.51. The lowest BCUT2D eigenvalue weighted by atomic mass is 10.2. The predicted octanol–water partition coefficient (Wildman–Crippen LogP) is 3.81. The highest BCUT2D eigenvalue weighted by molar-refractivity contribution is 7.22. The van der Waals surface area contributed by atoms with E-state index >= 15 is 0 Å². The van der Waals surface area contributed by atoms with E-state index in [1.165, 1.54) is 31.7 Å². The van der Waals surface area contributed by atoms with E-state index in [1.54, 1.807) is 23.5 Å². The molecule has 0 N–H and O–H groups in total. The molecule has 0 unspecified atom stereocenters. The van der Waals surface area contributed by atoms with Crippen molar-refractivity contribution in [3.8, 4) is 0 Å². The Kier molecular flexibility index (Phi) is 2.74. The standard InChI is InChI=1S/C13H15FN2S/c1-16(10-4-2-3-5-10)13-15-11-7-6-9(14)8-12(11)17-13/h6-8,10H,2-5H2,1H3. The fraction of sp³-hybridized carbons (Fsp3) is 0.462. The summed E-state index contributed by atoms with van der Waals surface area (Å²) in [5.74, 6) is -0.184. The SMILES string of the molecule is CN(c1nc2ccc(F)cc2s1)C1CCCC1. The zero-order valence-electron chi connectivity index (χ0n) is 9.82. The van der Waals surface area contributed by atoms with Crippen LogP contribution < -0.4 is 4.90 Å². The first kappa shape index (κ1) is 11.0. The van der Waals surface area contributed by atoms with Crippen LogP contribution in [0, 0.1) is 5.82 Å². The van der Waals surface area contributed by atoms with Gasteiger partial charge in [-0.15, -0.1) is 0 Å². The third-order valence-corrected chi connectivity index (χ3v) is 4.62. The highest BCUT2D eigenvalue weighted by Crippen LogP contribution is 2.33. The van der Waals surface area contributed by atoms with Crippen LogP contribution in [0.25, 0.3) is 10.2 Å². The number of thiazole rings is 1. The number of fused-ring (bicyclic) bond motifs is 1. The fourth-order valence-corrected chi connectivity index (χ4v) is 3.51. The first-order valence-electron chi connectivity index (χ1n) is 6.03.